The van der Waals surface area contributed by atoms with E-state index in [2.05, 4.69) is 228 Å². The summed E-state index contributed by atoms with van der Waals surface area (Å²) in [4.78, 5) is 2.77. The van der Waals surface area contributed by atoms with E-state index in [-0.39, 0.29) is 13.4 Å². The summed E-state index contributed by atoms with van der Waals surface area (Å²) in [5, 5.41) is 0. The molecule has 0 fully saturated rings. The molecule has 1 nitrogen and oxygen atoms in total. The molecule has 0 bridgehead atoms. The number of anilines is 3. The summed E-state index contributed by atoms with van der Waals surface area (Å²) in [6.07, 6.45) is 0. The summed E-state index contributed by atoms with van der Waals surface area (Å²) in [5.74, 6) is 2.33. The van der Waals surface area contributed by atoms with Crippen molar-refractivity contribution < 1.29 is 0 Å². The van der Waals surface area contributed by atoms with Gasteiger partial charge in [-0.15, -0.1) is 0 Å². The lowest BCUT2D eigenvalue weighted by molar-refractivity contribution is 0.733. The van der Waals surface area contributed by atoms with E-state index in [4.69, 9.17) is 0 Å². The fourth-order valence-corrected chi connectivity index (χ4v) is 12.3. The van der Waals surface area contributed by atoms with Gasteiger partial charge in [-0.2, -0.15) is 0 Å². The molecule has 0 aromatic heterocycles. The maximum Gasteiger partial charge on any atom is 0.247 e. The smallest absolute Gasteiger partial charge is 0.247 e. The van der Waals surface area contributed by atoms with Gasteiger partial charge in [0.25, 0.3) is 0 Å². The van der Waals surface area contributed by atoms with Gasteiger partial charge in [0, 0.05) is 17.1 Å². The molecule has 0 spiro atoms. The summed E-state index contributed by atoms with van der Waals surface area (Å²) in [6.45, 7) is 28.8. The molecular weight excluding hydrogens is 768 g/mol. The van der Waals surface area contributed by atoms with Crippen LogP contribution in [-0.2, 0) is 5.41 Å². The zero-order valence-corrected chi connectivity index (χ0v) is 40.3. The minimum Gasteiger partial charge on any atom is -0.312 e. The quantitative estimate of drug-likeness (QED) is 0.124. The van der Waals surface area contributed by atoms with Crippen LogP contribution in [-0.4, -0.2) is 13.4 Å². The van der Waals surface area contributed by atoms with Gasteiger partial charge in [0.05, 0.1) is 5.41 Å². The van der Waals surface area contributed by atoms with Crippen molar-refractivity contribution in [3.05, 3.63) is 195 Å². The van der Waals surface area contributed by atoms with E-state index in [0.29, 0.717) is 35.5 Å². The first-order valence-corrected chi connectivity index (χ1v) is 24.4. The number of hydrogen-bond donors (Lipinski definition) is 0. The van der Waals surface area contributed by atoms with E-state index < -0.39 is 5.41 Å². The van der Waals surface area contributed by atoms with Crippen molar-refractivity contribution in [3.63, 3.8) is 0 Å². The van der Waals surface area contributed by atoms with Crippen molar-refractivity contribution in [1.29, 1.82) is 0 Å². The fraction of sp³-hybridized carbons (Fsp3) is 0.311. The maximum atomic E-state index is 2.77. The van der Waals surface area contributed by atoms with Crippen molar-refractivity contribution in [2.75, 3.05) is 4.90 Å². The lowest BCUT2D eigenvalue weighted by atomic mass is 9.28. The Morgan fingerprint density at radius 2 is 0.656 bits per heavy atom. The van der Waals surface area contributed by atoms with Gasteiger partial charge in [0.15, 0.2) is 0 Å². The van der Waals surface area contributed by atoms with Crippen LogP contribution in [0.25, 0.3) is 0 Å². The average molecular weight is 834 g/mol. The van der Waals surface area contributed by atoms with E-state index in [1.54, 1.807) is 0 Å². The standard InChI is InChI=1S/C61H65B2N/c1-36(2)42-32-46(38(5)6)56(47(33-42)39(7)8)62-52-28-19-26-50-58(52)64-59-51(61(50,44-22-15-13-16-23-44)45-24-17-14-18-25-45)27-20-29-53(59)63(55-31-21-30-54(62)60(55)64)57-48(40(9)10)34-43(37(3)4)35-49(57)41(11)12/h13-41H,1-12H3. The van der Waals surface area contributed by atoms with Crippen LogP contribution in [0.1, 0.15) is 174 Å². The molecule has 3 aliphatic rings. The van der Waals surface area contributed by atoms with Crippen molar-refractivity contribution in [3.8, 4) is 0 Å². The molecule has 7 aromatic rings. The molecule has 0 atom stereocenters. The van der Waals surface area contributed by atoms with E-state index >= 15 is 0 Å². The second-order valence-electron chi connectivity index (χ2n) is 21.1. The molecule has 64 heavy (non-hydrogen) atoms. The zero-order chi connectivity index (χ0) is 44.9. The van der Waals surface area contributed by atoms with Crippen LogP contribution >= 0.6 is 0 Å². The SMILES string of the molecule is CC(C)c1cc(C(C)C)c(B2c3cccc4c3N3c5c2cccc5C(c2ccccc2)(c2ccccc2)c2cccc(c23)B4c2c(C(C)C)cc(C(C)C)cc2C(C)C)c(C(C)C)c1. The predicted molar refractivity (Wildman–Crippen MR) is 280 cm³/mol. The van der Waals surface area contributed by atoms with E-state index in [9.17, 15) is 0 Å². The monoisotopic (exact) mass is 834 g/mol. The molecule has 0 unspecified atom stereocenters. The number of rotatable bonds is 10. The Balaban J connectivity index is 1.44. The summed E-state index contributed by atoms with van der Waals surface area (Å²) >= 11 is 0. The average Bonchev–Trinajstić information content (AvgIpc) is 3.29. The van der Waals surface area contributed by atoms with Crippen LogP contribution in [0.5, 0.6) is 0 Å². The zero-order valence-electron chi connectivity index (χ0n) is 40.3. The molecule has 0 saturated carbocycles. The number of hydrogen-bond acceptors (Lipinski definition) is 1. The molecule has 320 valence electrons. The van der Waals surface area contributed by atoms with Crippen LogP contribution in [0.2, 0.25) is 0 Å². The summed E-state index contributed by atoms with van der Waals surface area (Å²) in [6, 6.07) is 55.3. The van der Waals surface area contributed by atoms with Crippen molar-refractivity contribution >= 4 is 63.3 Å². The minimum absolute atomic E-state index is 0.0475. The molecule has 0 N–H and O–H groups in total. The number of para-hydroxylation sites is 3. The van der Waals surface area contributed by atoms with Gasteiger partial charge in [-0.05, 0) is 113 Å². The second kappa shape index (κ2) is 15.9. The maximum absolute atomic E-state index is 2.77. The predicted octanol–water partition coefficient (Wildman–Crippen LogP) is 12.3. The first kappa shape index (κ1) is 42.4. The van der Waals surface area contributed by atoms with Crippen molar-refractivity contribution in [1.82, 2.24) is 0 Å². The Morgan fingerprint density at radius 1 is 0.344 bits per heavy atom. The molecule has 3 aliphatic heterocycles. The number of nitrogens with zero attached hydrogens (tertiary/aromatic N) is 1. The molecule has 0 aliphatic carbocycles. The molecule has 7 aromatic carbocycles. The third kappa shape index (κ3) is 6.12. The lowest BCUT2D eigenvalue weighted by Crippen LogP contribution is -2.68. The largest absolute Gasteiger partial charge is 0.312 e. The van der Waals surface area contributed by atoms with Gasteiger partial charge in [-0.1, -0.05) is 234 Å². The van der Waals surface area contributed by atoms with Gasteiger partial charge < -0.3 is 4.90 Å². The lowest BCUT2D eigenvalue weighted by Gasteiger charge is -2.53. The van der Waals surface area contributed by atoms with Gasteiger partial charge in [0.1, 0.15) is 0 Å². The molecular formula is C61H65B2N. The first-order chi connectivity index (χ1) is 30.8. The topological polar surface area (TPSA) is 3.24 Å². The van der Waals surface area contributed by atoms with E-state index in [1.807, 2.05) is 0 Å². The highest BCUT2D eigenvalue weighted by Gasteiger charge is 2.54. The Bertz CT molecular complexity index is 2660. The third-order valence-corrected chi connectivity index (χ3v) is 15.3. The second-order valence-corrected chi connectivity index (χ2v) is 21.1. The van der Waals surface area contributed by atoms with Gasteiger partial charge in [0.2, 0.25) is 13.4 Å². The first-order valence-electron chi connectivity index (χ1n) is 24.4. The van der Waals surface area contributed by atoms with Crippen LogP contribution in [0.3, 0.4) is 0 Å². The van der Waals surface area contributed by atoms with Gasteiger partial charge >= 0.3 is 0 Å². The Morgan fingerprint density at radius 3 is 0.969 bits per heavy atom. The van der Waals surface area contributed by atoms with Crippen molar-refractivity contribution in [2.45, 2.75) is 124 Å². The van der Waals surface area contributed by atoms with Gasteiger partial charge in [-0.25, -0.2) is 0 Å². The van der Waals surface area contributed by atoms with Crippen LogP contribution in [0, 0.1) is 0 Å². The fourth-order valence-electron chi connectivity index (χ4n) is 12.3. The van der Waals surface area contributed by atoms with Crippen LogP contribution in [0.4, 0.5) is 17.1 Å². The van der Waals surface area contributed by atoms with Crippen LogP contribution in [0.15, 0.2) is 140 Å². The normalized spacial score (nSPS) is 14.5. The molecule has 3 heterocycles. The highest BCUT2D eigenvalue weighted by atomic mass is 15.2. The van der Waals surface area contributed by atoms with E-state index in [0.717, 1.165) is 0 Å². The third-order valence-electron chi connectivity index (χ3n) is 15.3. The summed E-state index contributed by atoms with van der Waals surface area (Å²) in [7, 11) is 0. The molecule has 0 saturated heterocycles. The Kier molecular flexibility index (Phi) is 10.5. The van der Waals surface area contributed by atoms with E-state index in [1.165, 1.54) is 105 Å². The molecule has 0 amide bonds. The summed E-state index contributed by atoms with van der Waals surface area (Å²) < 4.78 is 0. The van der Waals surface area contributed by atoms with Crippen LogP contribution < -0.4 is 37.7 Å². The minimum atomic E-state index is -0.568. The molecule has 3 heteroatoms. The number of benzene rings is 7. The Hall–Kier alpha value is -5.53. The molecule has 10 rings (SSSR count). The summed E-state index contributed by atoms with van der Waals surface area (Å²) in [5.41, 5.74) is 26.4. The Labute approximate surface area is 385 Å². The molecule has 0 radical (unpaired) electrons. The van der Waals surface area contributed by atoms with Crippen molar-refractivity contribution in [2.24, 2.45) is 0 Å². The van der Waals surface area contributed by atoms with Gasteiger partial charge in [-0.3, -0.25) is 0 Å². The highest BCUT2D eigenvalue weighted by Crippen LogP contribution is 2.58. The highest BCUT2D eigenvalue weighted by molar-refractivity contribution is 7.02.